The van der Waals surface area contributed by atoms with Crippen molar-refractivity contribution in [2.24, 2.45) is 5.41 Å². The van der Waals surface area contributed by atoms with Crippen LogP contribution in [0.25, 0.3) is 0 Å². The van der Waals surface area contributed by atoms with E-state index in [0.29, 0.717) is 19.6 Å². The highest BCUT2D eigenvalue weighted by atomic mass is 16.6. The summed E-state index contributed by atoms with van der Waals surface area (Å²) in [4.78, 5) is 23.7. The van der Waals surface area contributed by atoms with Gasteiger partial charge in [-0.25, -0.2) is 9.69 Å². The molecule has 1 saturated heterocycles. The summed E-state index contributed by atoms with van der Waals surface area (Å²) in [5, 5.41) is 0. The summed E-state index contributed by atoms with van der Waals surface area (Å²) < 4.78 is 4.67. The number of nitrogens with zero attached hydrogens (tertiary/aromatic N) is 1. The van der Waals surface area contributed by atoms with E-state index in [4.69, 9.17) is 0 Å². The molecular weight excluding hydrogens is 170 g/mol. The summed E-state index contributed by atoms with van der Waals surface area (Å²) in [6.07, 6.45) is -0.128. The second kappa shape index (κ2) is 3.36. The second-order valence-electron chi connectivity index (χ2n) is 4.40. The van der Waals surface area contributed by atoms with Gasteiger partial charge >= 0.3 is 6.09 Å². The van der Waals surface area contributed by atoms with Gasteiger partial charge in [-0.15, -0.1) is 0 Å². The van der Waals surface area contributed by atoms with Gasteiger partial charge in [0.2, 0.25) is 5.91 Å². The fraction of sp³-hybridized carbons (Fsp3) is 0.778. The Hall–Kier alpha value is -1.06. The van der Waals surface area contributed by atoms with Gasteiger partial charge in [0, 0.05) is 6.42 Å². The number of amides is 2. The van der Waals surface area contributed by atoms with Crippen LogP contribution in [0.3, 0.4) is 0 Å². The molecule has 4 nitrogen and oxygen atoms in total. The molecule has 74 valence electrons. The largest absolute Gasteiger partial charge is 0.447 e. The molecule has 0 spiro atoms. The first kappa shape index (κ1) is 10.0. The van der Waals surface area contributed by atoms with Gasteiger partial charge < -0.3 is 4.74 Å². The van der Waals surface area contributed by atoms with Crippen LogP contribution in [-0.4, -0.2) is 30.1 Å². The molecule has 0 aromatic rings. The maximum Gasteiger partial charge on any atom is 0.416 e. The maximum absolute atomic E-state index is 11.5. The van der Waals surface area contributed by atoms with Crippen molar-refractivity contribution in [3.63, 3.8) is 0 Å². The van der Waals surface area contributed by atoms with E-state index in [2.05, 4.69) is 4.74 Å². The molecule has 0 aromatic heterocycles. The number of ether oxygens (including phenoxy) is 1. The van der Waals surface area contributed by atoms with Crippen LogP contribution in [0.4, 0.5) is 4.79 Å². The molecule has 0 radical (unpaired) electrons. The van der Waals surface area contributed by atoms with Gasteiger partial charge in [0.15, 0.2) is 0 Å². The van der Waals surface area contributed by atoms with Crippen LogP contribution in [0.5, 0.6) is 0 Å². The van der Waals surface area contributed by atoms with E-state index in [1.54, 1.807) is 0 Å². The van der Waals surface area contributed by atoms with E-state index >= 15 is 0 Å². The van der Waals surface area contributed by atoms with E-state index < -0.39 is 6.09 Å². The number of cyclic esters (lactones) is 1. The Morgan fingerprint density at radius 2 is 2.15 bits per heavy atom. The van der Waals surface area contributed by atoms with Crippen LogP contribution in [0, 0.1) is 5.41 Å². The highest BCUT2D eigenvalue weighted by Crippen LogP contribution is 2.20. The quantitative estimate of drug-likeness (QED) is 0.620. The highest BCUT2D eigenvalue weighted by Gasteiger charge is 2.30. The van der Waals surface area contributed by atoms with E-state index in [1.165, 1.54) is 4.90 Å². The molecule has 0 bridgehead atoms. The van der Waals surface area contributed by atoms with E-state index in [0.717, 1.165) is 0 Å². The fourth-order valence-electron chi connectivity index (χ4n) is 1.17. The summed E-state index contributed by atoms with van der Waals surface area (Å²) in [5.41, 5.74) is -0.0834. The Labute approximate surface area is 77.8 Å². The number of carbonyl (C=O) groups is 2. The van der Waals surface area contributed by atoms with E-state index in [9.17, 15) is 9.59 Å². The molecule has 13 heavy (non-hydrogen) atoms. The summed E-state index contributed by atoms with van der Waals surface area (Å²) in [6.45, 7) is 6.62. The van der Waals surface area contributed by atoms with Gasteiger partial charge in [-0.3, -0.25) is 4.79 Å². The van der Waals surface area contributed by atoms with Crippen LogP contribution < -0.4 is 0 Å². The lowest BCUT2D eigenvalue weighted by Crippen LogP contribution is -2.34. The second-order valence-corrected chi connectivity index (χ2v) is 4.40. The van der Waals surface area contributed by atoms with Gasteiger partial charge in [0.1, 0.15) is 6.61 Å². The summed E-state index contributed by atoms with van der Waals surface area (Å²) in [6, 6.07) is 0. The maximum atomic E-state index is 11.5. The SMILES string of the molecule is CC(C)(C)CC(=O)N1CCOC1=O. The highest BCUT2D eigenvalue weighted by molar-refractivity contribution is 5.93. The normalized spacial score (nSPS) is 17.5. The molecular formula is C9H15NO3. The molecule has 0 aromatic carbocycles. The number of hydrogen-bond acceptors (Lipinski definition) is 3. The van der Waals surface area contributed by atoms with Crippen molar-refractivity contribution in [3.8, 4) is 0 Å². The average molecular weight is 185 g/mol. The number of carbonyl (C=O) groups excluding carboxylic acids is 2. The van der Waals surface area contributed by atoms with E-state index in [-0.39, 0.29) is 11.3 Å². The van der Waals surface area contributed by atoms with Crippen molar-refractivity contribution in [2.45, 2.75) is 27.2 Å². The molecule has 1 aliphatic rings. The lowest BCUT2D eigenvalue weighted by molar-refractivity contribution is -0.129. The Kier molecular flexibility index (Phi) is 2.59. The molecule has 1 rings (SSSR count). The van der Waals surface area contributed by atoms with Crippen LogP contribution in [0.2, 0.25) is 0 Å². The number of rotatable bonds is 1. The zero-order valence-electron chi connectivity index (χ0n) is 8.29. The van der Waals surface area contributed by atoms with E-state index in [1.807, 2.05) is 20.8 Å². The van der Waals surface area contributed by atoms with Crippen molar-refractivity contribution in [1.82, 2.24) is 4.90 Å². The van der Waals surface area contributed by atoms with Crippen molar-refractivity contribution in [1.29, 1.82) is 0 Å². The molecule has 0 saturated carbocycles. The predicted molar refractivity (Wildman–Crippen MR) is 47.1 cm³/mol. The first-order valence-electron chi connectivity index (χ1n) is 4.37. The fourth-order valence-corrected chi connectivity index (χ4v) is 1.17. The lowest BCUT2D eigenvalue weighted by atomic mass is 9.92. The summed E-state index contributed by atoms with van der Waals surface area (Å²) in [7, 11) is 0. The third-order valence-electron chi connectivity index (χ3n) is 1.74. The molecule has 2 amide bonds. The molecule has 1 aliphatic heterocycles. The lowest BCUT2D eigenvalue weighted by Gasteiger charge is -2.19. The minimum atomic E-state index is -0.505. The zero-order chi connectivity index (χ0) is 10.1. The van der Waals surface area contributed by atoms with Crippen LogP contribution in [0.15, 0.2) is 0 Å². The topological polar surface area (TPSA) is 46.6 Å². The molecule has 1 heterocycles. The third-order valence-corrected chi connectivity index (χ3v) is 1.74. The Morgan fingerprint density at radius 3 is 2.54 bits per heavy atom. The molecule has 0 aliphatic carbocycles. The summed E-state index contributed by atoms with van der Waals surface area (Å²) >= 11 is 0. The van der Waals surface area contributed by atoms with Crippen LogP contribution >= 0.6 is 0 Å². The molecule has 1 fully saturated rings. The monoisotopic (exact) mass is 185 g/mol. The summed E-state index contributed by atoms with van der Waals surface area (Å²) in [5.74, 6) is -0.144. The van der Waals surface area contributed by atoms with Crippen molar-refractivity contribution in [3.05, 3.63) is 0 Å². The van der Waals surface area contributed by atoms with Crippen molar-refractivity contribution < 1.29 is 14.3 Å². The predicted octanol–water partition coefficient (Wildman–Crippen LogP) is 1.40. The van der Waals surface area contributed by atoms with Gasteiger partial charge in [-0.05, 0) is 5.41 Å². The minimum absolute atomic E-state index is 0.0834. The zero-order valence-corrected chi connectivity index (χ0v) is 8.29. The number of imide groups is 1. The molecule has 0 atom stereocenters. The smallest absolute Gasteiger partial charge is 0.416 e. The molecule has 0 N–H and O–H groups in total. The average Bonchev–Trinajstić information content (AvgIpc) is 2.30. The molecule has 0 unspecified atom stereocenters. The molecule has 4 heteroatoms. The van der Waals surface area contributed by atoms with Gasteiger partial charge in [0.05, 0.1) is 6.54 Å². The standard InChI is InChI=1S/C9H15NO3/c1-9(2,3)6-7(11)10-4-5-13-8(10)12/h4-6H2,1-3H3. The van der Waals surface area contributed by atoms with Gasteiger partial charge in [0.25, 0.3) is 0 Å². The first-order chi connectivity index (χ1) is 5.90. The Bertz CT molecular complexity index is 230. The number of hydrogen-bond donors (Lipinski definition) is 0. The first-order valence-corrected chi connectivity index (χ1v) is 4.37. The van der Waals surface area contributed by atoms with Crippen molar-refractivity contribution >= 4 is 12.0 Å². The Balaban J connectivity index is 2.53. The third kappa shape index (κ3) is 2.72. The van der Waals surface area contributed by atoms with Crippen LogP contribution in [-0.2, 0) is 9.53 Å². The Morgan fingerprint density at radius 1 is 1.54 bits per heavy atom. The van der Waals surface area contributed by atoms with Gasteiger partial charge in [-0.2, -0.15) is 0 Å². The van der Waals surface area contributed by atoms with Crippen molar-refractivity contribution in [2.75, 3.05) is 13.2 Å². The van der Waals surface area contributed by atoms with Gasteiger partial charge in [-0.1, -0.05) is 20.8 Å². The minimum Gasteiger partial charge on any atom is -0.447 e. The van der Waals surface area contributed by atoms with Crippen LogP contribution in [0.1, 0.15) is 27.2 Å².